The van der Waals surface area contributed by atoms with Gasteiger partial charge in [-0.25, -0.2) is 39.5 Å². The molecule has 0 saturated heterocycles. The molecule has 12 aromatic rings. The number of rotatable bonds is 14. The molecule has 0 saturated carbocycles. The highest BCUT2D eigenvalue weighted by Gasteiger charge is 2.52. The van der Waals surface area contributed by atoms with Crippen molar-refractivity contribution in [3.05, 3.63) is 364 Å². The highest BCUT2D eigenvalue weighted by Crippen LogP contribution is 2.61. The lowest BCUT2D eigenvalue weighted by molar-refractivity contribution is 0.416. The number of hydrogen-bond donors (Lipinski definition) is 0. The Balaban J connectivity index is 1.01. The van der Waals surface area contributed by atoms with Gasteiger partial charge < -0.3 is 14.4 Å². The van der Waals surface area contributed by atoms with E-state index in [1.807, 2.05) is 36.4 Å². The van der Waals surface area contributed by atoms with Crippen molar-refractivity contribution in [1.82, 2.24) is 0 Å². The molecular weight excluding hydrogens is 1150 g/mol. The van der Waals surface area contributed by atoms with Crippen LogP contribution in [0.1, 0.15) is 55.6 Å². The number of fused-ring (bicyclic) bond motifs is 6. The van der Waals surface area contributed by atoms with E-state index in [0.717, 1.165) is 11.1 Å². The average Bonchev–Trinajstić information content (AvgIpc) is 1.48. The van der Waals surface area contributed by atoms with Gasteiger partial charge in [0, 0.05) is 40.3 Å². The second kappa shape index (κ2) is 22.2. The summed E-state index contributed by atoms with van der Waals surface area (Å²) >= 11 is 0. The van der Waals surface area contributed by atoms with E-state index in [9.17, 15) is 4.39 Å². The van der Waals surface area contributed by atoms with Gasteiger partial charge in [-0.3, -0.25) is 0 Å². The molecule has 0 aliphatic heterocycles. The number of anilines is 3. The van der Waals surface area contributed by atoms with Gasteiger partial charge in [0.05, 0.1) is 10.8 Å². The Morgan fingerprint density at radius 3 is 1.04 bits per heavy atom. The van der Waals surface area contributed by atoms with E-state index in [-0.39, 0.29) is 22.3 Å². The summed E-state index contributed by atoms with van der Waals surface area (Å²) < 4.78 is 159. The van der Waals surface area contributed by atoms with Gasteiger partial charge in [-0.05, 0) is 175 Å². The maximum atomic E-state index is 17.3. The largest absolute Gasteiger partial charge is 0.457 e. The van der Waals surface area contributed by atoms with Crippen molar-refractivity contribution in [3.8, 4) is 56.4 Å². The molecule has 0 fully saturated rings. The highest BCUT2D eigenvalue weighted by molar-refractivity contribution is 5.93. The van der Waals surface area contributed by atoms with Gasteiger partial charge >= 0.3 is 0 Å². The summed E-state index contributed by atoms with van der Waals surface area (Å²) in [5, 5.41) is 0. The van der Waals surface area contributed by atoms with Crippen molar-refractivity contribution in [2.24, 2.45) is 0 Å². The first-order chi connectivity index (χ1) is 43.7. The number of ether oxygens (including phenoxy) is 2. The van der Waals surface area contributed by atoms with E-state index >= 15 is 35.1 Å². The lowest BCUT2D eigenvalue weighted by atomic mass is 9.67. The average molecular weight is 1200 g/mol. The summed E-state index contributed by atoms with van der Waals surface area (Å²) in [5.41, 5.74) is 2.19. The van der Waals surface area contributed by atoms with E-state index < -0.39 is 74.3 Å². The topological polar surface area (TPSA) is 21.7 Å². The van der Waals surface area contributed by atoms with Gasteiger partial charge in [0.25, 0.3) is 0 Å². The summed E-state index contributed by atoms with van der Waals surface area (Å²) in [4.78, 5) is 1.80. The van der Waals surface area contributed by atoms with E-state index in [1.165, 1.54) is 12.1 Å². The van der Waals surface area contributed by atoms with E-state index in [2.05, 4.69) is 13.2 Å². The summed E-state index contributed by atoms with van der Waals surface area (Å²) in [5.74, 6) is -12.3. The Morgan fingerprint density at radius 1 is 0.311 bits per heavy atom. The Bertz CT molecular complexity index is 4580. The minimum atomic E-state index is -2.06. The van der Waals surface area contributed by atoms with Gasteiger partial charge in [-0.2, -0.15) is 0 Å². The van der Waals surface area contributed by atoms with Gasteiger partial charge in [0.15, 0.2) is 34.9 Å². The molecule has 0 aromatic heterocycles. The van der Waals surface area contributed by atoms with Crippen molar-refractivity contribution in [1.29, 1.82) is 0 Å². The standard InChI is InChI=1S/C78H46F9NO2/c1-3-45-13-31-55(32-14-45)89-57-35-21-49(22-36-57)77(71-67(80)43-69(82)73(84)75(71)86)63-11-7-5-9-59(63)61-39-29-53(41-65(61)77)88(52-27-19-48(20-28-52)47-17-25-51(79)26-18-47)54-30-40-62-60-10-6-8-12-64(60)78(66(62)42-54,72-68(81)44-70(83)74(85)76(72)87)50-23-37-58(38-24-50)90-56-33-15-46(4-2)16-34-56/h3-44H,1-2H2. The number of halogens is 9. The summed E-state index contributed by atoms with van der Waals surface area (Å²) in [6, 6.07) is 65.3. The molecule has 0 N–H and O–H groups in total. The van der Waals surface area contributed by atoms with Crippen molar-refractivity contribution in [2.75, 3.05) is 4.90 Å². The maximum absolute atomic E-state index is 17.3. The SMILES string of the molecule is C=Cc1ccc(Oc2ccc(C3(c4c(F)cc(F)c(F)c4F)c4ccccc4-c4ccc(N(c5ccc(-c6ccc(F)cc6)cc5)c5ccc6c(c5)C(c5ccc(Oc7ccc(C=C)cc7)cc5)(c5c(F)cc(F)c(F)c5F)c5ccccc5-6)cc43)cc2)cc1. The van der Waals surface area contributed by atoms with Crippen LogP contribution in [0.3, 0.4) is 0 Å². The molecule has 12 heteroatoms. The fourth-order valence-corrected chi connectivity index (χ4v) is 13.1. The van der Waals surface area contributed by atoms with Crippen molar-refractivity contribution in [3.63, 3.8) is 0 Å². The van der Waals surface area contributed by atoms with Gasteiger partial charge in [-0.15, -0.1) is 0 Å². The quantitative estimate of drug-likeness (QED) is 0.0615. The Kier molecular flexibility index (Phi) is 14.0. The highest BCUT2D eigenvalue weighted by atomic mass is 19.2. The summed E-state index contributed by atoms with van der Waals surface area (Å²) in [6.45, 7) is 7.62. The number of benzene rings is 12. The van der Waals surface area contributed by atoms with Crippen molar-refractivity contribution < 1.29 is 49.0 Å². The molecule has 2 aliphatic rings. The molecule has 3 nitrogen and oxygen atoms in total. The van der Waals surface area contributed by atoms with E-state index in [4.69, 9.17) is 9.47 Å². The molecule has 2 atom stereocenters. The lowest BCUT2D eigenvalue weighted by Gasteiger charge is -2.36. The fourth-order valence-electron chi connectivity index (χ4n) is 13.1. The molecular formula is C78H46F9NO2. The minimum Gasteiger partial charge on any atom is -0.457 e. The van der Waals surface area contributed by atoms with Crippen LogP contribution in [0.25, 0.3) is 45.5 Å². The predicted octanol–water partition coefficient (Wildman–Crippen LogP) is 21.7. The van der Waals surface area contributed by atoms with Crippen LogP contribution >= 0.6 is 0 Å². The second-order valence-corrected chi connectivity index (χ2v) is 21.9. The Morgan fingerprint density at radius 2 is 0.656 bits per heavy atom. The molecule has 0 amide bonds. The molecule has 2 unspecified atom stereocenters. The predicted molar refractivity (Wildman–Crippen MR) is 334 cm³/mol. The smallest absolute Gasteiger partial charge is 0.194 e. The molecule has 90 heavy (non-hydrogen) atoms. The summed E-state index contributed by atoms with van der Waals surface area (Å²) in [6.07, 6.45) is 3.37. The third kappa shape index (κ3) is 9.08. The molecule has 0 bridgehead atoms. The first-order valence-corrected chi connectivity index (χ1v) is 28.5. The zero-order valence-electron chi connectivity index (χ0n) is 47.3. The van der Waals surface area contributed by atoms with Crippen LogP contribution in [-0.4, -0.2) is 0 Å². The molecule has 0 radical (unpaired) electrons. The first kappa shape index (κ1) is 56.7. The van der Waals surface area contributed by atoms with E-state index in [0.29, 0.717) is 96.7 Å². The Labute approximate surface area is 511 Å². The van der Waals surface area contributed by atoms with Crippen molar-refractivity contribution in [2.45, 2.75) is 10.8 Å². The van der Waals surface area contributed by atoms with Gasteiger partial charge in [0.1, 0.15) is 40.4 Å². The number of nitrogens with zero attached hydrogens (tertiary/aromatic N) is 1. The minimum absolute atomic E-state index is 0.247. The van der Waals surface area contributed by atoms with E-state index in [1.54, 1.807) is 199 Å². The molecule has 14 rings (SSSR count). The van der Waals surface area contributed by atoms with Crippen LogP contribution in [0, 0.1) is 52.4 Å². The Hall–Kier alpha value is -11.1. The molecule has 2 aliphatic carbocycles. The van der Waals surface area contributed by atoms with Gasteiger partial charge in [-0.1, -0.05) is 159 Å². The van der Waals surface area contributed by atoms with Crippen LogP contribution in [-0.2, 0) is 10.8 Å². The van der Waals surface area contributed by atoms with Crippen LogP contribution in [0.15, 0.2) is 256 Å². The summed E-state index contributed by atoms with van der Waals surface area (Å²) in [7, 11) is 0. The molecule has 0 spiro atoms. The van der Waals surface area contributed by atoms with Crippen LogP contribution in [0.5, 0.6) is 23.0 Å². The second-order valence-electron chi connectivity index (χ2n) is 21.9. The normalized spacial score (nSPS) is 15.1. The van der Waals surface area contributed by atoms with Gasteiger partial charge in [0.2, 0.25) is 0 Å². The molecule has 438 valence electrons. The molecule has 0 heterocycles. The fraction of sp³-hybridized carbons (Fsp3) is 0.0256. The zero-order valence-corrected chi connectivity index (χ0v) is 47.3. The lowest BCUT2D eigenvalue weighted by Crippen LogP contribution is -2.32. The van der Waals surface area contributed by atoms with Crippen LogP contribution in [0.4, 0.5) is 56.6 Å². The number of hydrogen-bond acceptors (Lipinski definition) is 3. The first-order valence-electron chi connectivity index (χ1n) is 28.5. The monoisotopic (exact) mass is 1200 g/mol. The van der Waals surface area contributed by atoms with Crippen LogP contribution < -0.4 is 14.4 Å². The molecule has 12 aromatic carbocycles. The van der Waals surface area contributed by atoms with Crippen LogP contribution in [0.2, 0.25) is 0 Å². The third-order valence-electron chi connectivity index (χ3n) is 17.1. The maximum Gasteiger partial charge on any atom is 0.194 e. The van der Waals surface area contributed by atoms with Crippen molar-refractivity contribution >= 4 is 29.2 Å². The third-order valence-corrected chi connectivity index (χ3v) is 17.1. The zero-order chi connectivity index (χ0) is 62.2.